The number of nitrogens with two attached hydrogens (primary N) is 1. The Morgan fingerprint density at radius 1 is 1.40 bits per heavy atom. The predicted octanol–water partition coefficient (Wildman–Crippen LogP) is -0.293. The molecule has 88 valence electrons. The fourth-order valence-electron chi connectivity index (χ4n) is 1.05. The van der Waals surface area contributed by atoms with E-state index in [9.17, 15) is 9.59 Å². The van der Waals surface area contributed by atoms with Gasteiger partial charge in [-0.15, -0.1) is 0 Å². The highest BCUT2D eigenvalue weighted by molar-refractivity contribution is 5.89. The number of carbonyl (C=O) groups is 2. The minimum Gasteiger partial charge on any atom is -0.344 e. The molecule has 0 rings (SSSR count). The van der Waals surface area contributed by atoms with Crippen molar-refractivity contribution >= 4 is 11.8 Å². The van der Waals surface area contributed by atoms with Crippen molar-refractivity contribution in [3.05, 3.63) is 0 Å². The lowest BCUT2D eigenvalue weighted by Gasteiger charge is -2.21. The number of hydrogen-bond donors (Lipinski definition) is 2. The van der Waals surface area contributed by atoms with Crippen molar-refractivity contribution in [2.45, 2.75) is 39.3 Å². The van der Waals surface area contributed by atoms with Gasteiger partial charge in [0.05, 0.1) is 6.04 Å². The van der Waals surface area contributed by atoms with Crippen molar-refractivity contribution in [3.8, 4) is 0 Å². The van der Waals surface area contributed by atoms with Gasteiger partial charge in [0.15, 0.2) is 0 Å². The molecule has 0 aromatic carbocycles. The fourth-order valence-corrected chi connectivity index (χ4v) is 1.05. The highest BCUT2D eigenvalue weighted by Crippen LogP contribution is 1.93. The van der Waals surface area contributed by atoms with E-state index < -0.39 is 12.1 Å². The molecule has 0 heterocycles. The zero-order chi connectivity index (χ0) is 12.0. The van der Waals surface area contributed by atoms with Crippen molar-refractivity contribution in [2.24, 2.45) is 5.73 Å². The molecule has 0 aromatic heterocycles. The zero-order valence-electron chi connectivity index (χ0n) is 9.91. The normalized spacial score (nSPS) is 14.2. The Bertz CT molecular complexity index is 231. The molecule has 2 unspecified atom stereocenters. The first-order valence-corrected chi connectivity index (χ1v) is 5.24. The molecule has 15 heavy (non-hydrogen) atoms. The third-order valence-corrected chi connectivity index (χ3v) is 2.36. The van der Waals surface area contributed by atoms with Crippen LogP contribution in [0.1, 0.15) is 27.2 Å². The third-order valence-electron chi connectivity index (χ3n) is 2.36. The molecule has 0 fully saturated rings. The van der Waals surface area contributed by atoms with E-state index in [1.807, 2.05) is 13.8 Å². The van der Waals surface area contributed by atoms with Gasteiger partial charge in [-0.1, -0.05) is 6.92 Å². The number of carbonyl (C=O) groups excluding carboxylic acids is 2. The molecule has 3 N–H and O–H groups in total. The second-order valence-electron chi connectivity index (χ2n) is 3.60. The minimum absolute atomic E-state index is 0.103. The lowest BCUT2D eigenvalue weighted by atomic mass is 10.2. The van der Waals surface area contributed by atoms with Crippen molar-refractivity contribution in [3.63, 3.8) is 0 Å². The Balaban J connectivity index is 4.18. The van der Waals surface area contributed by atoms with Crippen molar-refractivity contribution in [1.82, 2.24) is 10.2 Å². The van der Waals surface area contributed by atoms with Crippen LogP contribution in [-0.2, 0) is 9.59 Å². The molecule has 2 atom stereocenters. The number of nitrogens with one attached hydrogen (secondary N) is 1. The molecule has 0 aliphatic carbocycles. The second kappa shape index (κ2) is 6.40. The summed E-state index contributed by atoms with van der Waals surface area (Å²) in [6, 6.07) is -1.05. The van der Waals surface area contributed by atoms with Crippen LogP contribution >= 0.6 is 0 Å². The number of nitrogens with zero attached hydrogens (tertiary/aromatic N) is 1. The summed E-state index contributed by atoms with van der Waals surface area (Å²) in [5.41, 5.74) is 5.54. The largest absolute Gasteiger partial charge is 0.344 e. The van der Waals surface area contributed by atoms with Gasteiger partial charge in [-0.3, -0.25) is 9.59 Å². The summed E-state index contributed by atoms with van der Waals surface area (Å²) < 4.78 is 0. The summed E-state index contributed by atoms with van der Waals surface area (Å²) in [7, 11) is 1.70. The van der Waals surface area contributed by atoms with Crippen LogP contribution in [0.5, 0.6) is 0 Å². The Morgan fingerprint density at radius 3 is 2.33 bits per heavy atom. The first-order chi connectivity index (χ1) is 6.93. The molecule has 5 heteroatoms. The average molecular weight is 215 g/mol. The van der Waals surface area contributed by atoms with Crippen LogP contribution in [0.25, 0.3) is 0 Å². The standard InChI is InChI=1S/C10H21N3O2/c1-5-8(11)9(14)12-7(3)10(15)13(4)6-2/h7-8H,5-6,11H2,1-4H3,(H,12,14). The molecule has 2 amide bonds. The summed E-state index contributed by atoms with van der Waals surface area (Å²) in [4.78, 5) is 24.5. The summed E-state index contributed by atoms with van der Waals surface area (Å²) in [5.74, 6) is -0.378. The molecule has 0 spiro atoms. The highest BCUT2D eigenvalue weighted by Gasteiger charge is 2.20. The smallest absolute Gasteiger partial charge is 0.244 e. The maximum Gasteiger partial charge on any atom is 0.244 e. The topological polar surface area (TPSA) is 75.4 Å². The second-order valence-corrected chi connectivity index (χ2v) is 3.60. The van der Waals surface area contributed by atoms with E-state index in [0.29, 0.717) is 13.0 Å². The Hall–Kier alpha value is -1.10. The van der Waals surface area contributed by atoms with Crippen LogP contribution < -0.4 is 11.1 Å². The van der Waals surface area contributed by atoms with Crippen molar-refractivity contribution in [1.29, 1.82) is 0 Å². The Labute approximate surface area is 91.0 Å². The Kier molecular flexibility index (Phi) is 5.93. The molecule has 0 aliphatic heterocycles. The van der Waals surface area contributed by atoms with Crippen LogP contribution in [0.4, 0.5) is 0 Å². The van der Waals surface area contributed by atoms with Gasteiger partial charge in [0, 0.05) is 13.6 Å². The summed E-state index contributed by atoms with van der Waals surface area (Å²) >= 11 is 0. The van der Waals surface area contributed by atoms with Gasteiger partial charge in [0.2, 0.25) is 11.8 Å². The molecule has 0 bridgehead atoms. The molecular formula is C10H21N3O2. The monoisotopic (exact) mass is 215 g/mol. The van der Waals surface area contributed by atoms with Crippen LogP contribution in [0.15, 0.2) is 0 Å². The predicted molar refractivity (Wildman–Crippen MR) is 59.2 cm³/mol. The summed E-state index contributed by atoms with van der Waals surface area (Å²) in [6.07, 6.45) is 0.566. The van der Waals surface area contributed by atoms with Crippen LogP contribution in [-0.4, -0.2) is 42.4 Å². The number of hydrogen-bond acceptors (Lipinski definition) is 3. The van der Waals surface area contributed by atoms with Crippen LogP contribution in [0.3, 0.4) is 0 Å². The van der Waals surface area contributed by atoms with E-state index in [1.54, 1.807) is 18.9 Å². The van der Waals surface area contributed by atoms with E-state index in [-0.39, 0.29) is 11.8 Å². The van der Waals surface area contributed by atoms with Gasteiger partial charge in [0.1, 0.15) is 6.04 Å². The first-order valence-electron chi connectivity index (χ1n) is 5.24. The summed E-state index contributed by atoms with van der Waals surface area (Å²) in [5, 5.41) is 2.59. The van der Waals surface area contributed by atoms with Crippen LogP contribution in [0, 0.1) is 0 Å². The average Bonchev–Trinajstić information content (AvgIpc) is 2.25. The van der Waals surface area contributed by atoms with Gasteiger partial charge in [-0.05, 0) is 20.3 Å². The zero-order valence-corrected chi connectivity index (χ0v) is 9.91. The maximum atomic E-state index is 11.6. The minimum atomic E-state index is -0.535. The number of likely N-dealkylation sites (N-methyl/N-ethyl adjacent to an activating group) is 1. The van der Waals surface area contributed by atoms with E-state index in [1.165, 1.54) is 0 Å². The Morgan fingerprint density at radius 2 is 1.93 bits per heavy atom. The third kappa shape index (κ3) is 4.29. The quantitative estimate of drug-likeness (QED) is 0.661. The molecule has 0 saturated carbocycles. The maximum absolute atomic E-state index is 11.6. The lowest BCUT2D eigenvalue weighted by molar-refractivity contribution is -0.135. The van der Waals surface area contributed by atoms with Crippen LogP contribution in [0.2, 0.25) is 0 Å². The van der Waals surface area contributed by atoms with Crippen molar-refractivity contribution in [2.75, 3.05) is 13.6 Å². The molecule has 0 radical (unpaired) electrons. The molecule has 0 aliphatic rings. The van der Waals surface area contributed by atoms with E-state index in [4.69, 9.17) is 5.73 Å². The van der Waals surface area contributed by atoms with E-state index in [2.05, 4.69) is 5.32 Å². The van der Waals surface area contributed by atoms with E-state index >= 15 is 0 Å². The van der Waals surface area contributed by atoms with Crippen molar-refractivity contribution < 1.29 is 9.59 Å². The van der Waals surface area contributed by atoms with Gasteiger partial charge >= 0.3 is 0 Å². The fraction of sp³-hybridized carbons (Fsp3) is 0.800. The highest BCUT2D eigenvalue weighted by atomic mass is 16.2. The lowest BCUT2D eigenvalue weighted by Crippen LogP contribution is -2.50. The number of amides is 2. The summed E-state index contributed by atoms with van der Waals surface area (Å²) in [6.45, 7) is 5.99. The van der Waals surface area contributed by atoms with Gasteiger partial charge < -0.3 is 16.0 Å². The molecule has 0 aromatic rings. The van der Waals surface area contributed by atoms with E-state index in [0.717, 1.165) is 0 Å². The van der Waals surface area contributed by atoms with Gasteiger partial charge in [0.25, 0.3) is 0 Å². The SMILES string of the molecule is CCC(N)C(=O)NC(C)C(=O)N(C)CC. The van der Waals surface area contributed by atoms with Gasteiger partial charge in [-0.25, -0.2) is 0 Å². The van der Waals surface area contributed by atoms with Gasteiger partial charge in [-0.2, -0.15) is 0 Å². The molecular weight excluding hydrogens is 194 g/mol. The number of rotatable bonds is 5. The molecule has 0 saturated heterocycles. The first kappa shape index (κ1) is 13.9. The molecule has 5 nitrogen and oxygen atoms in total.